The van der Waals surface area contributed by atoms with Crippen LogP contribution in [0.25, 0.3) is 0 Å². The van der Waals surface area contributed by atoms with Crippen molar-refractivity contribution in [3.63, 3.8) is 0 Å². The lowest BCUT2D eigenvalue weighted by Gasteiger charge is -2.42. The quantitative estimate of drug-likeness (QED) is 0.0478. The molecule has 2 unspecified atom stereocenters. The van der Waals surface area contributed by atoms with Crippen molar-refractivity contribution in [2.75, 3.05) is 25.4 Å². The molecule has 244 valence electrons. The number of hydrogen-bond donors (Lipinski definition) is 7. The summed E-state index contributed by atoms with van der Waals surface area (Å²) in [5.74, 6) is -3.01. The molecule has 1 aromatic heterocycles. The molecule has 0 aliphatic carbocycles. The molecule has 0 radical (unpaired) electrons. The van der Waals surface area contributed by atoms with Gasteiger partial charge in [-0.3, -0.25) is 19.6 Å². The van der Waals surface area contributed by atoms with Crippen LogP contribution in [0.5, 0.6) is 5.75 Å². The van der Waals surface area contributed by atoms with Gasteiger partial charge < -0.3 is 36.4 Å². The largest absolute Gasteiger partial charge is 0.489 e. The highest BCUT2D eigenvalue weighted by atomic mass is 32.2. The van der Waals surface area contributed by atoms with Gasteiger partial charge >= 0.3 is 16.3 Å². The van der Waals surface area contributed by atoms with Crippen molar-refractivity contribution < 1.29 is 42.0 Å². The Hall–Kier alpha value is -4.33. The van der Waals surface area contributed by atoms with Gasteiger partial charge in [-0.15, -0.1) is 11.3 Å². The van der Waals surface area contributed by atoms with E-state index in [4.69, 9.17) is 20.7 Å². The van der Waals surface area contributed by atoms with E-state index in [-0.39, 0.29) is 27.0 Å². The molecule has 0 bridgehead atoms. The van der Waals surface area contributed by atoms with E-state index < -0.39 is 58.6 Å². The number of amidine groups is 1. The van der Waals surface area contributed by atoms with E-state index in [2.05, 4.69) is 26.1 Å². The average molecular weight is 667 g/mol. The van der Waals surface area contributed by atoms with E-state index in [9.17, 15) is 32.5 Å². The van der Waals surface area contributed by atoms with E-state index in [0.717, 1.165) is 37.3 Å². The number of nitrogens with zero attached hydrogens (tertiary/aromatic N) is 3. The number of thiazole rings is 1. The summed E-state index contributed by atoms with van der Waals surface area (Å²) < 4.78 is 37.9. The summed E-state index contributed by atoms with van der Waals surface area (Å²) >= 11 is 1.06. The van der Waals surface area contributed by atoms with Crippen molar-refractivity contribution in [1.29, 1.82) is 5.41 Å². The summed E-state index contributed by atoms with van der Waals surface area (Å²) in [5.41, 5.74) is 5.93. The summed E-state index contributed by atoms with van der Waals surface area (Å²) in [6.45, 7) is 4.27. The Morgan fingerprint density at radius 2 is 2.02 bits per heavy atom. The van der Waals surface area contributed by atoms with Crippen LogP contribution in [-0.2, 0) is 35.9 Å². The molecule has 4 rings (SSSR count). The number of aromatic nitrogens is 1. The molecule has 2 fully saturated rings. The fourth-order valence-electron chi connectivity index (χ4n) is 4.72. The van der Waals surface area contributed by atoms with Crippen LogP contribution < -0.4 is 26.4 Å². The minimum atomic E-state index is -4.83. The molecule has 2 saturated heterocycles. The molecule has 8 N–H and O–H groups in total. The first kappa shape index (κ1) is 33.6. The van der Waals surface area contributed by atoms with Crippen LogP contribution >= 0.6 is 11.3 Å². The second-order valence-electron chi connectivity index (χ2n) is 10.3. The molecule has 2 aliphatic heterocycles. The zero-order valence-corrected chi connectivity index (χ0v) is 26.0. The van der Waals surface area contributed by atoms with Crippen molar-refractivity contribution in [3.8, 4) is 5.75 Å². The van der Waals surface area contributed by atoms with Crippen LogP contribution in [0.1, 0.15) is 42.8 Å². The Kier molecular flexibility index (Phi) is 10.6. The SMILES string of the molecule is CCc1sc(N)nc1C(=NOC(COc1ccc(C(=N)NC2CCCNC2)cc1)C(=O)O)C(=O)N[C@@H]1C(=O)N(S(=O)(=O)O)[C@H]1C. The molecule has 45 heavy (non-hydrogen) atoms. The third-order valence-corrected chi connectivity index (χ3v) is 9.12. The van der Waals surface area contributed by atoms with Gasteiger partial charge in [-0.25, -0.2) is 14.1 Å². The number of nitrogens with two attached hydrogens (primary N) is 1. The molecular weight excluding hydrogens is 632 g/mol. The molecule has 2 amide bonds. The van der Waals surface area contributed by atoms with Gasteiger partial charge in [0.05, 0.1) is 6.04 Å². The average Bonchev–Trinajstić information content (AvgIpc) is 3.37. The van der Waals surface area contributed by atoms with Gasteiger partial charge in [0.1, 0.15) is 29.9 Å². The predicted octanol–water partition coefficient (Wildman–Crippen LogP) is -0.274. The van der Waals surface area contributed by atoms with Crippen molar-refractivity contribution in [2.24, 2.45) is 5.16 Å². The zero-order chi connectivity index (χ0) is 32.9. The topological polar surface area (TPSA) is 259 Å². The minimum Gasteiger partial charge on any atom is -0.489 e. The van der Waals surface area contributed by atoms with Gasteiger partial charge in [-0.2, -0.15) is 8.42 Å². The van der Waals surface area contributed by atoms with E-state index in [1.54, 1.807) is 31.2 Å². The van der Waals surface area contributed by atoms with Crippen LogP contribution in [0.4, 0.5) is 5.13 Å². The van der Waals surface area contributed by atoms with Crippen LogP contribution in [0.15, 0.2) is 29.4 Å². The number of nitrogen functional groups attached to an aromatic ring is 1. The number of benzene rings is 1. The van der Waals surface area contributed by atoms with Gasteiger partial charge in [0.25, 0.3) is 17.9 Å². The van der Waals surface area contributed by atoms with Crippen molar-refractivity contribution >= 4 is 56.1 Å². The van der Waals surface area contributed by atoms with Crippen LogP contribution in [-0.4, -0.2) is 101 Å². The second kappa shape index (κ2) is 14.2. The number of rotatable bonds is 13. The lowest BCUT2D eigenvalue weighted by atomic mass is 10.0. The molecule has 2 aromatic rings. The number of oxime groups is 1. The van der Waals surface area contributed by atoms with Crippen molar-refractivity contribution in [2.45, 2.75) is 57.3 Å². The highest BCUT2D eigenvalue weighted by molar-refractivity contribution is 7.84. The first-order chi connectivity index (χ1) is 21.3. The standard InChI is InChI=1S/C26H34N8O9S2/c1-3-18-20(32-26(28)44-18)21(23(35)31-19-13(2)34(24(19)36)45(39,40)41)33-43-17(25(37)38)12-42-16-8-6-14(7-9-16)22(27)30-15-5-4-10-29-11-15/h6-9,13,15,17,19,29H,3-5,10-12H2,1-2H3,(H2,27,30)(H2,28,32)(H,31,35)(H,37,38)(H,39,40,41)/t13-,15?,17?,19-/m0/s1. The monoisotopic (exact) mass is 666 g/mol. The van der Waals surface area contributed by atoms with Crippen molar-refractivity contribution in [1.82, 2.24) is 25.2 Å². The number of carboxylic acids is 1. The molecule has 4 atom stereocenters. The number of aryl methyl sites for hydroxylation is 1. The van der Waals surface area contributed by atoms with E-state index >= 15 is 0 Å². The lowest BCUT2D eigenvalue weighted by Crippen LogP contribution is -2.71. The Morgan fingerprint density at radius 1 is 1.31 bits per heavy atom. The summed E-state index contributed by atoms with van der Waals surface area (Å²) in [6.07, 6.45) is 0.663. The maximum Gasteiger partial charge on any atom is 0.362 e. The maximum absolute atomic E-state index is 13.3. The number of carbonyl (C=O) groups excluding carboxylic acids is 2. The molecule has 0 spiro atoms. The van der Waals surface area contributed by atoms with Gasteiger partial charge in [-0.05, 0) is 57.0 Å². The minimum absolute atomic E-state index is 0.00993. The number of hydrogen-bond acceptors (Lipinski definition) is 13. The molecule has 2 aliphatic rings. The number of carboxylic acid groups (broad SMARTS) is 1. The molecule has 17 nitrogen and oxygen atoms in total. The number of ether oxygens (including phenoxy) is 1. The summed E-state index contributed by atoms with van der Waals surface area (Å²) in [7, 11) is -4.83. The third kappa shape index (κ3) is 8.04. The molecule has 1 aromatic carbocycles. The first-order valence-electron chi connectivity index (χ1n) is 13.9. The number of nitrogens with one attached hydrogen (secondary N) is 4. The highest BCUT2D eigenvalue weighted by Crippen LogP contribution is 2.25. The maximum atomic E-state index is 13.3. The predicted molar refractivity (Wildman–Crippen MR) is 163 cm³/mol. The number of amides is 2. The fourth-order valence-corrected chi connectivity index (χ4v) is 6.37. The summed E-state index contributed by atoms with van der Waals surface area (Å²) in [4.78, 5) is 47.4. The zero-order valence-electron chi connectivity index (χ0n) is 24.3. The van der Waals surface area contributed by atoms with Gasteiger partial charge in [0.15, 0.2) is 10.8 Å². The highest BCUT2D eigenvalue weighted by Gasteiger charge is 2.51. The number of piperidine rings is 1. The number of β-lactam (4-membered cyclic amide) rings is 1. The fraction of sp³-hybridized carbons (Fsp3) is 0.462. The van der Waals surface area contributed by atoms with Gasteiger partial charge in [0, 0.05) is 23.0 Å². The summed E-state index contributed by atoms with van der Waals surface area (Å²) in [6, 6.07) is 4.17. The number of anilines is 1. The number of aliphatic carboxylic acids is 1. The Morgan fingerprint density at radius 3 is 2.60 bits per heavy atom. The van der Waals surface area contributed by atoms with E-state index in [1.165, 1.54) is 6.92 Å². The molecular formula is C26H34N8O9S2. The Balaban J connectivity index is 1.45. The molecule has 0 saturated carbocycles. The third-order valence-electron chi connectivity index (χ3n) is 7.08. The van der Waals surface area contributed by atoms with Crippen LogP contribution in [0.3, 0.4) is 0 Å². The summed E-state index contributed by atoms with van der Waals surface area (Å²) in [5, 5.41) is 30.7. The van der Waals surface area contributed by atoms with Crippen molar-refractivity contribution in [3.05, 3.63) is 40.4 Å². The Labute approximate surface area is 262 Å². The normalized spacial score (nSPS) is 21.0. The van der Waals surface area contributed by atoms with Crippen LogP contribution in [0.2, 0.25) is 0 Å². The van der Waals surface area contributed by atoms with E-state index in [1.807, 2.05) is 0 Å². The number of carbonyl (C=O) groups is 3. The molecule has 3 heterocycles. The van der Waals surface area contributed by atoms with Gasteiger partial charge in [0.2, 0.25) is 0 Å². The van der Waals surface area contributed by atoms with Gasteiger partial charge in [-0.1, -0.05) is 12.1 Å². The van der Waals surface area contributed by atoms with Crippen LogP contribution in [0, 0.1) is 5.41 Å². The van der Waals surface area contributed by atoms with E-state index in [0.29, 0.717) is 22.6 Å². The Bertz CT molecular complexity index is 1570. The lowest BCUT2D eigenvalue weighted by molar-refractivity contribution is -0.152. The smallest absolute Gasteiger partial charge is 0.362 e. The first-order valence-corrected chi connectivity index (χ1v) is 16.1. The second-order valence-corrected chi connectivity index (χ2v) is 12.7. The molecule has 19 heteroatoms.